The summed E-state index contributed by atoms with van der Waals surface area (Å²) < 4.78 is 4.93. The lowest BCUT2D eigenvalue weighted by molar-refractivity contribution is -0.157. The van der Waals surface area contributed by atoms with Crippen molar-refractivity contribution >= 4 is 11.8 Å². The fraction of sp³-hybridized carbons (Fsp3) is 0.917. The summed E-state index contributed by atoms with van der Waals surface area (Å²) in [4.78, 5) is 25.2. The first-order valence-corrected chi connectivity index (χ1v) is 11.4. The molecule has 152 valence electrons. The van der Waals surface area contributed by atoms with Gasteiger partial charge in [0.25, 0.3) is 0 Å². The molecule has 7 unspecified atom stereocenters. The maximum atomic E-state index is 13.3. The highest BCUT2D eigenvalue weighted by Crippen LogP contribution is 2.67. The van der Waals surface area contributed by atoms with Gasteiger partial charge >= 0.3 is 5.97 Å². The molecule has 0 aromatic carbocycles. The molecule has 0 bridgehead atoms. The zero-order chi connectivity index (χ0) is 19.4. The molecule has 4 aliphatic carbocycles. The van der Waals surface area contributed by atoms with E-state index in [1.54, 1.807) is 0 Å². The summed E-state index contributed by atoms with van der Waals surface area (Å²) in [5.41, 5.74) is 0.621. The molecule has 0 spiro atoms. The second kappa shape index (κ2) is 6.88. The first-order chi connectivity index (χ1) is 12.8. The Kier molecular flexibility index (Phi) is 4.96. The number of esters is 1. The number of carbonyl (C=O) groups is 2. The van der Waals surface area contributed by atoms with Gasteiger partial charge in [0.15, 0.2) is 0 Å². The number of Topliss-reactive ketones (excluding diaryl/α,β-unsaturated/α-hetero) is 1. The van der Waals surface area contributed by atoms with E-state index in [9.17, 15) is 9.59 Å². The summed E-state index contributed by atoms with van der Waals surface area (Å²) in [7, 11) is 1.49. The van der Waals surface area contributed by atoms with Gasteiger partial charge in [-0.2, -0.15) is 0 Å². The number of rotatable bonds is 3. The van der Waals surface area contributed by atoms with Gasteiger partial charge in [-0.1, -0.05) is 33.6 Å². The summed E-state index contributed by atoms with van der Waals surface area (Å²) in [5.74, 6) is 3.47. The molecule has 0 aromatic rings. The van der Waals surface area contributed by atoms with E-state index in [0.29, 0.717) is 53.1 Å². The Morgan fingerprint density at radius 1 is 1.07 bits per heavy atom. The van der Waals surface area contributed by atoms with Crippen LogP contribution in [0, 0.1) is 46.3 Å². The largest absolute Gasteiger partial charge is 0.469 e. The second-order valence-corrected chi connectivity index (χ2v) is 10.8. The highest BCUT2D eigenvalue weighted by atomic mass is 16.5. The molecule has 4 aliphatic rings. The maximum Gasteiger partial charge on any atom is 0.305 e. The number of hydrogen-bond donors (Lipinski definition) is 0. The van der Waals surface area contributed by atoms with Crippen molar-refractivity contribution in [2.24, 2.45) is 46.3 Å². The molecule has 0 aromatic heterocycles. The van der Waals surface area contributed by atoms with E-state index >= 15 is 0 Å². The van der Waals surface area contributed by atoms with Crippen LogP contribution in [0.5, 0.6) is 0 Å². The molecule has 3 heteroatoms. The summed E-state index contributed by atoms with van der Waals surface area (Å²) in [6.45, 7) is 7.19. The van der Waals surface area contributed by atoms with Gasteiger partial charge in [0.1, 0.15) is 5.78 Å². The van der Waals surface area contributed by atoms with Crippen molar-refractivity contribution in [2.45, 2.75) is 85.0 Å². The molecule has 8 atom stereocenters. The second-order valence-electron chi connectivity index (χ2n) is 10.8. The van der Waals surface area contributed by atoms with Crippen LogP contribution in [-0.4, -0.2) is 18.9 Å². The lowest BCUT2D eigenvalue weighted by Crippen LogP contribution is -2.56. The first kappa shape index (κ1) is 19.5. The third-order valence-corrected chi connectivity index (χ3v) is 9.86. The van der Waals surface area contributed by atoms with Gasteiger partial charge < -0.3 is 4.74 Å². The molecular weight excluding hydrogens is 336 g/mol. The molecule has 0 aliphatic heterocycles. The van der Waals surface area contributed by atoms with Crippen molar-refractivity contribution in [2.75, 3.05) is 7.11 Å². The van der Waals surface area contributed by atoms with Crippen LogP contribution in [0.1, 0.15) is 85.0 Å². The van der Waals surface area contributed by atoms with E-state index in [4.69, 9.17) is 4.74 Å². The van der Waals surface area contributed by atoms with Crippen molar-refractivity contribution in [3.05, 3.63) is 0 Å². The molecule has 0 N–H and O–H groups in total. The molecule has 0 heterocycles. The first-order valence-electron chi connectivity index (χ1n) is 11.4. The normalized spacial score (nSPS) is 47.6. The van der Waals surface area contributed by atoms with E-state index in [1.165, 1.54) is 58.5 Å². The van der Waals surface area contributed by atoms with Crippen LogP contribution in [0.3, 0.4) is 0 Å². The molecule has 0 radical (unpaired) electrons. The van der Waals surface area contributed by atoms with Crippen molar-refractivity contribution in [3.8, 4) is 0 Å². The average molecular weight is 375 g/mol. The topological polar surface area (TPSA) is 43.4 Å². The Labute approximate surface area is 165 Å². The monoisotopic (exact) mass is 374 g/mol. The van der Waals surface area contributed by atoms with Crippen LogP contribution >= 0.6 is 0 Å². The molecule has 3 nitrogen and oxygen atoms in total. The maximum absolute atomic E-state index is 13.3. The number of ether oxygens (including phenoxy) is 1. The predicted molar refractivity (Wildman–Crippen MR) is 106 cm³/mol. The number of methoxy groups -OCH3 is 1. The van der Waals surface area contributed by atoms with Gasteiger partial charge in [-0.25, -0.2) is 0 Å². The SMILES string of the molecule is COC(=O)C[C@@H](C)C1CCC2C3C(=O)CC4CCCCC4(C)C3CCC21C. The number of ketones is 1. The zero-order valence-corrected chi connectivity index (χ0v) is 17.8. The standard InChI is InChI=1S/C24H38O3/c1-15(13-21(26)27-4)17-8-9-18-22-19(10-12-24(17,18)3)23(2)11-6-5-7-16(23)14-20(22)25/h15-19,22H,5-14H2,1-4H3/t15-,16?,17?,18?,19?,22?,23?,24?/m1/s1. The molecule has 4 fully saturated rings. The molecule has 0 amide bonds. The van der Waals surface area contributed by atoms with Gasteiger partial charge in [0.2, 0.25) is 0 Å². The van der Waals surface area contributed by atoms with E-state index < -0.39 is 0 Å². The van der Waals surface area contributed by atoms with Crippen LogP contribution < -0.4 is 0 Å². The predicted octanol–water partition coefficient (Wildman–Crippen LogP) is 5.41. The molecule has 0 saturated heterocycles. The number of fused-ring (bicyclic) bond motifs is 5. The number of carbonyl (C=O) groups excluding carboxylic acids is 2. The fourth-order valence-electron chi connectivity index (χ4n) is 8.43. The summed E-state index contributed by atoms with van der Waals surface area (Å²) >= 11 is 0. The highest BCUT2D eigenvalue weighted by Gasteiger charge is 2.62. The van der Waals surface area contributed by atoms with Crippen LogP contribution in [-0.2, 0) is 14.3 Å². The van der Waals surface area contributed by atoms with E-state index in [2.05, 4.69) is 20.8 Å². The Morgan fingerprint density at radius 2 is 1.81 bits per heavy atom. The minimum atomic E-state index is -0.0884. The zero-order valence-electron chi connectivity index (χ0n) is 17.8. The van der Waals surface area contributed by atoms with Gasteiger partial charge in [0, 0.05) is 18.8 Å². The third-order valence-electron chi connectivity index (χ3n) is 9.86. The summed E-state index contributed by atoms with van der Waals surface area (Å²) in [6, 6.07) is 0. The Hall–Kier alpha value is -0.860. The van der Waals surface area contributed by atoms with Crippen LogP contribution in [0.2, 0.25) is 0 Å². The van der Waals surface area contributed by atoms with E-state index in [1.807, 2.05) is 0 Å². The molecule has 4 saturated carbocycles. The molecule has 27 heavy (non-hydrogen) atoms. The Balaban J connectivity index is 1.59. The quantitative estimate of drug-likeness (QED) is 0.620. The van der Waals surface area contributed by atoms with Crippen LogP contribution in [0.15, 0.2) is 0 Å². The molecule has 4 rings (SSSR count). The van der Waals surface area contributed by atoms with E-state index in [0.717, 1.165) is 6.42 Å². The highest BCUT2D eigenvalue weighted by molar-refractivity contribution is 5.83. The van der Waals surface area contributed by atoms with Crippen molar-refractivity contribution in [1.82, 2.24) is 0 Å². The van der Waals surface area contributed by atoms with E-state index in [-0.39, 0.29) is 11.4 Å². The van der Waals surface area contributed by atoms with Gasteiger partial charge in [-0.05, 0) is 78.9 Å². The van der Waals surface area contributed by atoms with Crippen LogP contribution in [0.25, 0.3) is 0 Å². The minimum absolute atomic E-state index is 0.0884. The number of hydrogen-bond acceptors (Lipinski definition) is 3. The molecular formula is C24H38O3. The van der Waals surface area contributed by atoms with Crippen LogP contribution in [0.4, 0.5) is 0 Å². The summed E-state index contributed by atoms with van der Waals surface area (Å²) in [5, 5.41) is 0. The van der Waals surface area contributed by atoms with Gasteiger partial charge in [-0.15, -0.1) is 0 Å². The average Bonchev–Trinajstić information content (AvgIpc) is 2.99. The smallest absolute Gasteiger partial charge is 0.305 e. The Morgan fingerprint density at radius 3 is 2.56 bits per heavy atom. The summed E-state index contributed by atoms with van der Waals surface area (Å²) in [6.07, 6.45) is 11.4. The Bertz CT molecular complexity index is 613. The minimum Gasteiger partial charge on any atom is -0.469 e. The third kappa shape index (κ3) is 2.90. The van der Waals surface area contributed by atoms with Crippen molar-refractivity contribution < 1.29 is 14.3 Å². The fourth-order valence-corrected chi connectivity index (χ4v) is 8.43. The van der Waals surface area contributed by atoms with Crippen molar-refractivity contribution in [3.63, 3.8) is 0 Å². The van der Waals surface area contributed by atoms with Crippen molar-refractivity contribution in [1.29, 1.82) is 0 Å². The lowest BCUT2D eigenvalue weighted by Gasteiger charge is -2.60. The lowest BCUT2D eigenvalue weighted by atomic mass is 9.44. The van der Waals surface area contributed by atoms with Gasteiger partial charge in [-0.3, -0.25) is 9.59 Å². The van der Waals surface area contributed by atoms with Gasteiger partial charge in [0.05, 0.1) is 7.11 Å².